The van der Waals surface area contributed by atoms with E-state index in [2.05, 4.69) is 52.1 Å². The van der Waals surface area contributed by atoms with Crippen LogP contribution in [-0.4, -0.2) is 59.5 Å². The number of aryl methyl sites for hydroxylation is 2. The number of piperazine rings is 1. The molecule has 5 aliphatic rings. The van der Waals surface area contributed by atoms with Gasteiger partial charge in [0.15, 0.2) is 5.13 Å². The van der Waals surface area contributed by atoms with Crippen LogP contribution in [-0.2, 0) is 4.79 Å². The number of amides is 1. The van der Waals surface area contributed by atoms with Gasteiger partial charge in [-0.25, -0.2) is 4.98 Å². The molecule has 4 saturated carbocycles. The highest BCUT2D eigenvalue weighted by atomic mass is 32.1. The van der Waals surface area contributed by atoms with Crippen molar-refractivity contribution in [1.29, 1.82) is 0 Å². The van der Waals surface area contributed by atoms with Crippen LogP contribution >= 0.6 is 11.3 Å². The zero-order valence-corrected chi connectivity index (χ0v) is 20.7. The maximum atomic E-state index is 12.7. The molecule has 0 radical (unpaired) electrons. The number of nitrogens with zero attached hydrogens (tertiary/aromatic N) is 3. The molecule has 1 saturated heterocycles. The Morgan fingerprint density at radius 2 is 1.70 bits per heavy atom. The smallest absolute Gasteiger partial charge is 0.240 e. The summed E-state index contributed by atoms with van der Waals surface area (Å²) in [5, 5.41) is 5.76. The predicted octanol–water partition coefficient (Wildman–Crippen LogP) is 4.81. The van der Waals surface area contributed by atoms with Gasteiger partial charge in [0.2, 0.25) is 5.91 Å². The second-order valence-electron chi connectivity index (χ2n) is 11.1. The first-order valence-electron chi connectivity index (χ1n) is 12.8. The maximum Gasteiger partial charge on any atom is 0.240 e. The molecule has 1 aromatic heterocycles. The van der Waals surface area contributed by atoms with Crippen molar-refractivity contribution >= 4 is 22.4 Å². The van der Waals surface area contributed by atoms with Crippen molar-refractivity contribution in [3.63, 3.8) is 0 Å². The third-order valence-corrected chi connectivity index (χ3v) is 9.68. The molecule has 4 bridgehead atoms. The zero-order valence-electron chi connectivity index (χ0n) is 19.9. The van der Waals surface area contributed by atoms with E-state index in [0.29, 0.717) is 11.7 Å². The number of carbonyl (C=O) groups excluding carboxylic acids is 1. The molecule has 1 aromatic carbocycles. The fraction of sp³-hybridized carbons (Fsp3) is 0.630. The number of hydrogen-bond donors (Lipinski definition) is 1. The Morgan fingerprint density at radius 1 is 1.00 bits per heavy atom. The van der Waals surface area contributed by atoms with Crippen molar-refractivity contribution in [3.8, 4) is 11.3 Å². The third-order valence-electron chi connectivity index (χ3n) is 8.93. The van der Waals surface area contributed by atoms with E-state index in [1.54, 1.807) is 0 Å². The topological polar surface area (TPSA) is 48.5 Å². The van der Waals surface area contributed by atoms with Gasteiger partial charge in [0, 0.05) is 43.2 Å². The van der Waals surface area contributed by atoms with Gasteiger partial charge in [-0.3, -0.25) is 14.6 Å². The van der Waals surface area contributed by atoms with Gasteiger partial charge in [-0.05, 0) is 86.8 Å². The van der Waals surface area contributed by atoms with E-state index in [0.717, 1.165) is 67.1 Å². The Labute approximate surface area is 201 Å². The van der Waals surface area contributed by atoms with Crippen LogP contribution in [0.25, 0.3) is 11.3 Å². The number of hydrogen-bond acceptors (Lipinski definition) is 5. The van der Waals surface area contributed by atoms with Crippen LogP contribution < -0.4 is 5.32 Å². The van der Waals surface area contributed by atoms with Crippen molar-refractivity contribution in [1.82, 2.24) is 14.8 Å². The molecule has 5 fully saturated rings. The molecule has 1 aliphatic heterocycles. The number of aromatic nitrogens is 1. The predicted molar refractivity (Wildman–Crippen MR) is 134 cm³/mol. The second kappa shape index (κ2) is 8.79. The first-order chi connectivity index (χ1) is 16.0. The Balaban J connectivity index is 1.00. The van der Waals surface area contributed by atoms with Crippen molar-refractivity contribution in [2.24, 2.45) is 23.7 Å². The zero-order chi connectivity index (χ0) is 22.5. The summed E-state index contributed by atoms with van der Waals surface area (Å²) in [5.41, 5.74) is 4.59. The fourth-order valence-electron chi connectivity index (χ4n) is 7.44. The molecule has 1 amide bonds. The molecule has 2 heterocycles. The Bertz CT molecular complexity index is 997. The van der Waals surface area contributed by atoms with E-state index in [4.69, 9.17) is 0 Å². The van der Waals surface area contributed by atoms with Crippen LogP contribution in [0, 0.1) is 37.5 Å². The second-order valence-corrected chi connectivity index (χ2v) is 12.0. The lowest BCUT2D eigenvalue weighted by molar-refractivity contribution is -0.118. The number of anilines is 1. The number of thiazole rings is 1. The van der Waals surface area contributed by atoms with Gasteiger partial charge in [0.25, 0.3) is 0 Å². The Hall–Kier alpha value is -1.76. The third kappa shape index (κ3) is 4.38. The first kappa shape index (κ1) is 21.8. The largest absolute Gasteiger partial charge is 0.301 e. The van der Waals surface area contributed by atoms with Crippen LogP contribution in [0.15, 0.2) is 23.6 Å². The molecule has 0 unspecified atom stereocenters. The summed E-state index contributed by atoms with van der Waals surface area (Å²) in [4.78, 5) is 22.5. The van der Waals surface area contributed by atoms with Gasteiger partial charge in [-0.15, -0.1) is 11.3 Å². The monoisotopic (exact) mass is 464 g/mol. The lowest BCUT2D eigenvalue weighted by Crippen LogP contribution is -2.60. The fourth-order valence-corrected chi connectivity index (χ4v) is 8.17. The summed E-state index contributed by atoms with van der Waals surface area (Å²) in [6, 6.07) is 7.23. The van der Waals surface area contributed by atoms with E-state index < -0.39 is 0 Å². The summed E-state index contributed by atoms with van der Waals surface area (Å²) >= 11 is 1.51. The van der Waals surface area contributed by atoms with Crippen LogP contribution in [0.4, 0.5) is 5.13 Å². The Kier molecular flexibility index (Phi) is 5.79. The Morgan fingerprint density at radius 3 is 2.36 bits per heavy atom. The van der Waals surface area contributed by atoms with Gasteiger partial charge >= 0.3 is 0 Å². The molecule has 0 atom stereocenters. The van der Waals surface area contributed by atoms with Gasteiger partial charge in [0.1, 0.15) is 0 Å². The summed E-state index contributed by atoms with van der Waals surface area (Å²) in [6.45, 7) is 8.95. The molecule has 33 heavy (non-hydrogen) atoms. The SMILES string of the molecule is Cc1ccc(-c2csc(NC(=O)CN3CCN(C4C5CC6CC(C5)CC4C6)CC3)n2)cc1C. The number of benzene rings is 1. The lowest BCUT2D eigenvalue weighted by atomic mass is 9.54. The van der Waals surface area contributed by atoms with E-state index >= 15 is 0 Å². The van der Waals surface area contributed by atoms with E-state index in [-0.39, 0.29) is 5.91 Å². The molecular weight excluding hydrogens is 428 g/mol. The summed E-state index contributed by atoms with van der Waals surface area (Å²) in [7, 11) is 0. The number of carbonyl (C=O) groups is 1. The van der Waals surface area contributed by atoms with Crippen LogP contribution in [0.2, 0.25) is 0 Å². The molecule has 0 spiro atoms. The molecule has 5 nitrogen and oxygen atoms in total. The minimum Gasteiger partial charge on any atom is -0.301 e. The van der Waals surface area contributed by atoms with Gasteiger partial charge < -0.3 is 5.32 Å². The van der Waals surface area contributed by atoms with E-state index in [9.17, 15) is 4.79 Å². The van der Waals surface area contributed by atoms with Crippen molar-refractivity contribution in [2.75, 3.05) is 38.0 Å². The summed E-state index contributed by atoms with van der Waals surface area (Å²) in [6.07, 6.45) is 7.46. The molecule has 4 aliphatic carbocycles. The average molecular weight is 465 g/mol. The number of nitrogens with one attached hydrogen (secondary N) is 1. The van der Waals surface area contributed by atoms with Crippen molar-refractivity contribution in [3.05, 3.63) is 34.7 Å². The standard InChI is InChI=1S/C27H36N4OS/c1-17-3-4-21(9-18(17)2)24-16-33-27(28-24)29-25(32)15-30-5-7-31(8-6-30)26-22-11-19-10-20(13-22)14-23(26)12-19/h3-4,9,16,19-20,22-23,26H,5-8,10-15H2,1-2H3,(H,28,29,32). The minimum absolute atomic E-state index is 0.0547. The average Bonchev–Trinajstić information content (AvgIpc) is 3.24. The molecule has 176 valence electrons. The van der Waals surface area contributed by atoms with E-state index in [1.165, 1.54) is 54.6 Å². The lowest BCUT2D eigenvalue weighted by Gasteiger charge is -2.58. The van der Waals surface area contributed by atoms with Gasteiger partial charge in [0.05, 0.1) is 12.2 Å². The molecule has 6 heteroatoms. The summed E-state index contributed by atoms with van der Waals surface area (Å²) < 4.78 is 0. The quantitative estimate of drug-likeness (QED) is 0.690. The van der Waals surface area contributed by atoms with E-state index in [1.807, 2.05) is 5.38 Å². The molecule has 1 N–H and O–H groups in total. The first-order valence-corrected chi connectivity index (χ1v) is 13.7. The molecule has 7 rings (SSSR count). The highest BCUT2D eigenvalue weighted by Crippen LogP contribution is 2.55. The number of rotatable bonds is 5. The molecular formula is C27H36N4OS. The highest BCUT2D eigenvalue weighted by Gasteiger charge is 2.50. The molecule has 2 aromatic rings. The summed E-state index contributed by atoms with van der Waals surface area (Å²) in [5.74, 6) is 4.03. The van der Waals surface area contributed by atoms with Gasteiger partial charge in [-0.2, -0.15) is 0 Å². The maximum absolute atomic E-state index is 12.7. The van der Waals surface area contributed by atoms with Crippen LogP contribution in [0.5, 0.6) is 0 Å². The highest BCUT2D eigenvalue weighted by molar-refractivity contribution is 7.14. The van der Waals surface area contributed by atoms with Crippen LogP contribution in [0.1, 0.15) is 43.2 Å². The van der Waals surface area contributed by atoms with Crippen molar-refractivity contribution < 1.29 is 4.79 Å². The minimum atomic E-state index is 0.0547. The van der Waals surface area contributed by atoms with Crippen molar-refractivity contribution in [2.45, 2.75) is 52.0 Å². The van der Waals surface area contributed by atoms with Crippen LogP contribution in [0.3, 0.4) is 0 Å². The van der Waals surface area contributed by atoms with Gasteiger partial charge in [-0.1, -0.05) is 12.1 Å². The normalized spacial score (nSPS) is 31.8.